The number of aryl methyl sites for hydroxylation is 2. The summed E-state index contributed by atoms with van der Waals surface area (Å²) in [6, 6.07) is -2.46. The second kappa shape index (κ2) is 12.8. The summed E-state index contributed by atoms with van der Waals surface area (Å²) in [6.45, 7) is 5.43. The fourth-order valence-corrected chi connectivity index (χ4v) is 5.87. The summed E-state index contributed by atoms with van der Waals surface area (Å²) in [5, 5.41) is 15.1. The molecule has 1 aromatic heterocycles. The van der Waals surface area contributed by atoms with Crippen LogP contribution in [0.25, 0.3) is 0 Å². The number of hydrogen-bond donors (Lipinski definition) is 3. The number of carboxylic acids is 1. The van der Waals surface area contributed by atoms with Crippen LogP contribution < -0.4 is 10.6 Å². The number of rotatable bonds is 10. The molecule has 5 unspecified atom stereocenters. The molecule has 3 amide bonds. The Hall–Kier alpha value is -3.34. The molecule has 0 bridgehead atoms. The van der Waals surface area contributed by atoms with Crippen LogP contribution in [-0.4, -0.2) is 69.6 Å². The standard InChI is InChI=1S/C26H34N4O6S/c1-4-16-10-11-19(29-25(35)24-15(3)27-22(5-2)37-24)26(36)30(20-9-7-6-8-18(16)20)13-21(32)28-17(14-31)12-23(33)34/h6-9,14,16-20H,4-5,10-13H2,1-3H3,(H,28,32)(H,29,35)(H,33,34). The van der Waals surface area contributed by atoms with Gasteiger partial charge in [-0.05, 0) is 32.1 Å². The zero-order valence-corrected chi connectivity index (χ0v) is 22.1. The first-order valence-corrected chi connectivity index (χ1v) is 13.4. The maximum Gasteiger partial charge on any atom is 0.305 e. The first kappa shape index (κ1) is 28.2. The summed E-state index contributed by atoms with van der Waals surface area (Å²) in [5.74, 6) is -2.43. The third-order valence-electron chi connectivity index (χ3n) is 6.86. The minimum Gasteiger partial charge on any atom is -0.481 e. The van der Waals surface area contributed by atoms with Crippen molar-refractivity contribution in [1.29, 1.82) is 0 Å². The van der Waals surface area contributed by atoms with Gasteiger partial charge in [0.15, 0.2) is 0 Å². The fraction of sp³-hybridized carbons (Fsp3) is 0.538. The van der Waals surface area contributed by atoms with Gasteiger partial charge in [-0.1, -0.05) is 44.6 Å². The minimum atomic E-state index is -1.22. The number of carboxylic acid groups (broad SMARTS) is 1. The van der Waals surface area contributed by atoms with E-state index in [1.54, 1.807) is 6.92 Å². The van der Waals surface area contributed by atoms with Gasteiger partial charge in [-0.2, -0.15) is 0 Å². The number of nitrogens with one attached hydrogen (secondary N) is 2. The highest BCUT2D eigenvalue weighted by atomic mass is 32.1. The monoisotopic (exact) mass is 530 g/mol. The van der Waals surface area contributed by atoms with Crippen molar-refractivity contribution in [2.75, 3.05) is 6.54 Å². The van der Waals surface area contributed by atoms with Crippen molar-refractivity contribution in [3.63, 3.8) is 0 Å². The zero-order chi connectivity index (χ0) is 27.1. The molecule has 10 nitrogen and oxygen atoms in total. The molecule has 1 aliphatic carbocycles. The smallest absolute Gasteiger partial charge is 0.305 e. The van der Waals surface area contributed by atoms with Crippen molar-refractivity contribution in [2.45, 2.75) is 71.0 Å². The third kappa shape index (κ3) is 6.91. The molecule has 0 radical (unpaired) electrons. The van der Waals surface area contributed by atoms with Crippen LogP contribution in [0.5, 0.6) is 0 Å². The Kier molecular flexibility index (Phi) is 9.73. The van der Waals surface area contributed by atoms with E-state index in [9.17, 15) is 24.0 Å². The number of aromatic nitrogens is 1. The number of thiazole rings is 1. The zero-order valence-electron chi connectivity index (χ0n) is 21.3. The Balaban J connectivity index is 1.87. The predicted molar refractivity (Wildman–Crippen MR) is 138 cm³/mol. The van der Waals surface area contributed by atoms with Crippen LogP contribution in [0.15, 0.2) is 24.3 Å². The maximum atomic E-state index is 13.8. The lowest BCUT2D eigenvalue weighted by molar-refractivity contribution is -0.142. The maximum absolute atomic E-state index is 13.8. The number of amides is 3. The van der Waals surface area contributed by atoms with Crippen molar-refractivity contribution < 1.29 is 29.1 Å². The molecule has 1 saturated heterocycles. The Labute approximate surface area is 220 Å². The lowest BCUT2D eigenvalue weighted by Crippen LogP contribution is -2.58. The molecule has 1 fully saturated rings. The molecule has 0 spiro atoms. The molecule has 200 valence electrons. The highest BCUT2D eigenvalue weighted by molar-refractivity contribution is 7.13. The Bertz CT molecular complexity index is 1100. The largest absolute Gasteiger partial charge is 0.481 e. The Morgan fingerprint density at radius 2 is 1.97 bits per heavy atom. The molecule has 5 atom stereocenters. The number of carbonyl (C=O) groups excluding carboxylic acids is 4. The van der Waals surface area contributed by atoms with E-state index >= 15 is 0 Å². The molecule has 0 saturated carbocycles. The van der Waals surface area contributed by atoms with Crippen LogP contribution in [0.1, 0.15) is 59.9 Å². The summed E-state index contributed by atoms with van der Waals surface area (Å²) >= 11 is 1.30. The molecule has 2 aliphatic rings. The topological polar surface area (TPSA) is 146 Å². The Morgan fingerprint density at radius 3 is 2.59 bits per heavy atom. The van der Waals surface area contributed by atoms with Crippen molar-refractivity contribution in [3.8, 4) is 0 Å². The Morgan fingerprint density at radius 1 is 1.24 bits per heavy atom. The van der Waals surface area contributed by atoms with E-state index in [-0.39, 0.29) is 24.3 Å². The summed E-state index contributed by atoms with van der Waals surface area (Å²) < 4.78 is 0. The summed E-state index contributed by atoms with van der Waals surface area (Å²) in [7, 11) is 0. The number of aldehydes is 1. The van der Waals surface area contributed by atoms with Crippen LogP contribution in [-0.2, 0) is 25.6 Å². The quantitative estimate of drug-likeness (QED) is 0.392. The van der Waals surface area contributed by atoms with Gasteiger partial charge in [-0.25, -0.2) is 4.98 Å². The molecule has 0 aromatic carbocycles. The van der Waals surface area contributed by atoms with Gasteiger partial charge in [0.1, 0.15) is 23.7 Å². The van der Waals surface area contributed by atoms with Gasteiger partial charge in [-0.15, -0.1) is 11.3 Å². The van der Waals surface area contributed by atoms with Gasteiger partial charge in [-0.3, -0.25) is 19.2 Å². The molecule has 1 aliphatic heterocycles. The fourth-order valence-electron chi connectivity index (χ4n) is 4.96. The molecule has 11 heteroatoms. The van der Waals surface area contributed by atoms with Crippen LogP contribution in [0.3, 0.4) is 0 Å². The summed E-state index contributed by atoms with van der Waals surface area (Å²) in [6.07, 6.45) is 10.2. The van der Waals surface area contributed by atoms with E-state index in [1.165, 1.54) is 16.2 Å². The average molecular weight is 531 g/mol. The van der Waals surface area contributed by atoms with E-state index in [0.29, 0.717) is 29.7 Å². The third-order valence-corrected chi connectivity index (χ3v) is 8.16. The van der Waals surface area contributed by atoms with Gasteiger partial charge in [0.05, 0.1) is 29.2 Å². The number of likely N-dealkylation sites (tertiary alicyclic amines) is 1. The lowest BCUT2D eigenvalue weighted by Gasteiger charge is -2.42. The van der Waals surface area contributed by atoms with Crippen LogP contribution in [0, 0.1) is 18.8 Å². The van der Waals surface area contributed by atoms with Gasteiger partial charge in [0, 0.05) is 5.92 Å². The van der Waals surface area contributed by atoms with E-state index < -0.39 is 42.3 Å². The molecular formula is C26H34N4O6S. The molecule has 3 N–H and O–H groups in total. The van der Waals surface area contributed by atoms with E-state index in [0.717, 1.165) is 17.8 Å². The van der Waals surface area contributed by atoms with E-state index in [4.69, 9.17) is 5.11 Å². The molecule has 37 heavy (non-hydrogen) atoms. The second-order valence-corrected chi connectivity index (χ2v) is 10.4. The number of fused-ring (bicyclic) bond motifs is 1. The van der Waals surface area contributed by atoms with Gasteiger partial charge < -0.3 is 25.4 Å². The predicted octanol–water partition coefficient (Wildman–Crippen LogP) is 2.03. The number of aliphatic carboxylic acids is 1. The van der Waals surface area contributed by atoms with Crippen LogP contribution in [0.2, 0.25) is 0 Å². The number of allylic oxidation sites excluding steroid dienone is 2. The first-order valence-electron chi connectivity index (χ1n) is 12.6. The average Bonchev–Trinajstić information content (AvgIpc) is 3.26. The number of carbonyl (C=O) groups is 5. The molecular weight excluding hydrogens is 496 g/mol. The van der Waals surface area contributed by atoms with Gasteiger partial charge >= 0.3 is 5.97 Å². The summed E-state index contributed by atoms with van der Waals surface area (Å²) in [4.78, 5) is 68.4. The van der Waals surface area contributed by atoms with E-state index in [2.05, 4.69) is 22.5 Å². The highest BCUT2D eigenvalue weighted by Gasteiger charge is 2.40. The molecule has 1 aromatic rings. The van der Waals surface area contributed by atoms with Crippen molar-refractivity contribution in [2.24, 2.45) is 11.8 Å². The number of nitrogens with zero attached hydrogens (tertiary/aromatic N) is 2. The SMILES string of the molecule is CCc1nc(C)c(C(=O)NC2CCC(CC)C3C=CC=CC3N(CC(=O)NC(C=O)CC(=O)O)C2=O)s1. The normalized spacial score (nSPS) is 24.0. The summed E-state index contributed by atoms with van der Waals surface area (Å²) in [5.41, 5.74) is 0.610. The van der Waals surface area contributed by atoms with E-state index in [1.807, 2.05) is 31.2 Å². The number of hydrogen-bond acceptors (Lipinski definition) is 7. The van der Waals surface area contributed by atoms with Crippen molar-refractivity contribution in [3.05, 3.63) is 39.9 Å². The minimum absolute atomic E-state index is 0.0138. The van der Waals surface area contributed by atoms with Crippen LogP contribution >= 0.6 is 11.3 Å². The van der Waals surface area contributed by atoms with Crippen molar-refractivity contribution in [1.82, 2.24) is 20.5 Å². The second-order valence-electron chi connectivity index (χ2n) is 9.36. The highest BCUT2D eigenvalue weighted by Crippen LogP contribution is 2.34. The van der Waals surface area contributed by atoms with Crippen LogP contribution in [0.4, 0.5) is 0 Å². The van der Waals surface area contributed by atoms with Crippen molar-refractivity contribution >= 4 is 41.3 Å². The molecule has 3 rings (SSSR count). The van der Waals surface area contributed by atoms with Gasteiger partial charge in [0.25, 0.3) is 5.91 Å². The first-order chi connectivity index (χ1) is 17.7. The van der Waals surface area contributed by atoms with Gasteiger partial charge in [0.2, 0.25) is 11.8 Å². The molecule has 2 heterocycles. The lowest BCUT2D eigenvalue weighted by atomic mass is 9.76.